The normalized spacial score (nSPS) is 21.8. The summed E-state index contributed by atoms with van der Waals surface area (Å²) in [5.74, 6) is 2.29. The Bertz CT molecular complexity index is 1020. The van der Waals surface area contributed by atoms with E-state index in [-0.39, 0.29) is 6.10 Å². The number of ether oxygens (including phenoxy) is 2. The number of aromatic nitrogens is 4. The lowest BCUT2D eigenvalue weighted by Gasteiger charge is -2.31. The topological polar surface area (TPSA) is 85.3 Å². The van der Waals surface area contributed by atoms with Gasteiger partial charge in [0.2, 0.25) is 11.8 Å². The van der Waals surface area contributed by atoms with Crippen LogP contribution in [0, 0.1) is 3.57 Å². The lowest BCUT2D eigenvalue weighted by molar-refractivity contribution is 0.122. The number of rotatable bonds is 5. The van der Waals surface area contributed by atoms with Gasteiger partial charge >= 0.3 is 0 Å². The van der Waals surface area contributed by atoms with Crippen LogP contribution in [0.2, 0.25) is 0 Å². The van der Waals surface area contributed by atoms with E-state index < -0.39 is 0 Å². The molecule has 162 valence electrons. The van der Waals surface area contributed by atoms with Crippen molar-refractivity contribution in [1.82, 2.24) is 19.9 Å². The highest BCUT2D eigenvalue weighted by atomic mass is 127. The molecule has 5 rings (SSSR count). The van der Waals surface area contributed by atoms with Crippen LogP contribution in [0.25, 0.3) is 10.9 Å². The third kappa shape index (κ3) is 4.98. The number of nitrogens with one attached hydrogen (secondary N) is 1. The van der Waals surface area contributed by atoms with Gasteiger partial charge in [-0.2, -0.15) is 4.98 Å². The molecule has 0 radical (unpaired) electrons. The third-order valence-corrected chi connectivity index (χ3v) is 6.37. The second kappa shape index (κ2) is 9.47. The highest BCUT2D eigenvalue weighted by Crippen LogP contribution is 2.32. The van der Waals surface area contributed by atoms with E-state index in [1.807, 2.05) is 12.3 Å². The molecular weight excluding hydrogens is 507 g/mol. The van der Waals surface area contributed by atoms with Crippen LogP contribution in [0.4, 0.5) is 11.8 Å². The molecule has 2 aliphatic rings. The zero-order chi connectivity index (χ0) is 21.0. The predicted molar refractivity (Wildman–Crippen MR) is 128 cm³/mol. The molecule has 0 amide bonds. The highest BCUT2D eigenvalue weighted by molar-refractivity contribution is 14.1. The summed E-state index contributed by atoms with van der Waals surface area (Å²) in [7, 11) is 0. The van der Waals surface area contributed by atoms with Gasteiger partial charge < -0.3 is 19.7 Å². The minimum Gasteiger partial charge on any atom is -0.474 e. The first-order valence-corrected chi connectivity index (χ1v) is 11.8. The standard InChI is InChI=1S/C22H25IN6O2/c23-15-12-18-19(26-14-15)13-20(29-8-10-30-11-9-29)28-21(18)31-17-4-2-16(3-5-17)27-22-24-6-1-7-25-22/h1,6-7,12-14,16-17H,2-5,8-11H2,(H,24,25,27)/t16-,17+. The van der Waals surface area contributed by atoms with Crippen molar-refractivity contribution in [2.45, 2.75) is 37.8 Å². The summed E-state index contributed by atoms with van der Waals surface area (Å²) in [5, 5.41) is 4.41. The van der Waals surface area contributed by atoms with E-state index in [1.54, 1.807) is 12.4 Å². The van der Waals surface area contributed by atoms with Gasteiger partial charge in [0.15, 0.2) is 0 Å². The molecule has 1 aliphatic carbocycles. The number of nitrogens with zero attached hydrogens (tertiary/aromatic N) is 5. The van der Waals surface area contributed by atoms with Crippen molar-refractivity contribution >= 4 is 45.3 Å². The number of pyridine rings is 2. The number of halogens is 1. The second-order valence-corrected chi connectivity index (χ2v) is 9.16. The Labute approximate surface area is 194 Å². The third-order valence-electron chi connectivity index (χ3n) is 5.78. The molecule has 1 N–H and O–H groups in total. The molecular formula is C22H25IN6O2. The number of hydrogen-bond donors (Lipinski definition) is 1. The number of anilines is 2. The molecule has 8 nitrogen and oxygen atoms in total. The van der Waals surface area contributed by atoms with Crippen LogP contribution in [0.15, 0.2) is 36.8 Å². The van der Waals surface area contributed by atoms with Crippen molar-refractivity contribution in [3.05, 3.63) is 40.4 Å². The predicted octanol–water partition coefficient (Wildman–Crippen LogP) is 3.66. The first kappa shape index (κ1) is 20.6. The zero-order valence-electron chi connectivity index (χ0n) is 17.2. The first-order valence-electron chi connectivity index (χ1n) is 10.7. The lowest BCUT2D eigenvalue weighted by atomic mass is 9.93. The molecule has 4 heterocycles. The molecule has 0 aromatic carbocycles. The molecule has 1 saturated heterocycles. The summed E-state index contributed by atoms with van der Waals surface area (Å²) in [6.07, 6.45) is 9.51. The fraction of sp³-hybridized carbons (Fsp3) is 0.455. The Morgan fingerprint density at radius 2 is 1.81 bits per heavy atom. The minimum atomic E-state index is 0.142. The molecule has 2 fully saturated rings. The highest BCUT2D eigenvalue weighted by Gasteiger charge is 2.25. The lowest BCUT2D eigenvalue weighted by Crippen LogP contribution is -2.37. The average molecular weight is 532 g/mol. The largest absolute Gasteiger partial charge is 0.474 e. The van der Waals surface area contributed by atoms with E-state index in [0.29, 0.717) is 17.9 Å². The summed E-state index contributed by atoms with van der Waals surface area (Å²) in [6.45, 7) is 3.11. The van der Waals surface area contributed by atoms with Crippen LogP contribution in [0.1, 0.15) is 25.7 Å². The van der Waals surface area contributed by atoms with Crippen LogP contribution < -0.4 is 15.0 Å². The van der Waals surface area contributed by atoms with Crippen molar-refractivity contribution in [2.75, 3.05) is 36.5 Å². The molecule has 3 aromatic rings. The second-order valence-electron chi connectivity index (χ2n) is 7.91. The van der Waals surface area contributed by atoms with Gasteiger partial charge in [-0.25, -0.2) is 9.97 Å². The van der Waals surface area contributed by atoms with Crippen LogP contribution in [0.3, 0.4) is 0 Å². The van der Waals surface area contributed by atoms with Crippen LogP contribution in [-0.2, 0) is 4.74 Å². The Balaban J connectivity index is 1.31. The van der Waals surface area contributed by atoms with Gasteiger partial charge in [0, 0.05) is 47.4 Å². The first-order chi connectivity index (χ1) is 15.2. The summed E-state index contributed by atoms with van der Waals surface area (Å²) >= 11 is 2.29. The molecule has 0 spiro atoms. The Morgan fingerprint density at radius 3 is 2.58 bits per heavy atom. The van der Waals surface area contributed by atoms with Crippen molar-refractivity contribution in [3.63, 3.8) is 0 Å². The van der Waals surface area contributed by atoms with Gasteiger partial charge in [-0.3, -0.25) is 4.98 Å². The molecule has 0 atom stereocenters. The molecule has 1 saturated carbocycles. The fourth-order valence-electron chi connectivity index (χ4n) is 4.14. The number of morpholine rings is 1. The van der Waals surface area contributed by atoms with E-state index in [2.05, 4.69) is 59.9 Å². The fourth-order valence-corrected chi connectivity index (χ4v) is 4.59. The Kier molecular flexibility index (Phi) is 6.30. The maximum Gasteiger partial charge on any atom is 0.225 e. The van der Waals surface area contributed by atoms with Crippen LogP contribution in [-0.4, -0.2) is 58.4 Å². The van der Waals surface area contributed by atoms with E-state index in [4.69, 9.17) is 14.5 Å². The Morgan fingerprint density at radius 1 is 1.03 bits per heavy atom. The molecule has 31 heavy (non-hydrogen) atoms. The summed E-state index contributed by atoms with van der Waals surface area (Å²) in [5.41, 5.74) is 0.920. The van der Waals surface area contributed by atoms with Crippen molar-refractivity contribution in [2.24, 2.45) is 0 Å². The SMILES string of the molecule is Ic1cnc2cc(N3CCOCC3)nc(O[C@H]3CC[C@@H](Nc4ncccn4)CC3)c2c1. The van der Waals surface area contributed by atoms with Crippen molar-refractivity contribution < 1.29 is 9.47 Å². The molecule has 0 bridgehead atoms. The Hall–Kier alpha value is -2.27. The van der Waals surface area contributed by atoms with Crippen LogP contribution in [0.5, 0.6) is 5.88 Å². The van der Waals surface area contributed by atoms with Gasteiger partial charge in [-0.1, -0.05) is 0 Å². The monoisotopic (exact) mass is 532 g/mol. The maximum absolute atomic E-state index is 6.48. The molecule has 1 aliphatic heterocycles. The van der Waals surface area contributed by atoms with Gasteiger partial charge in [0.25, 0.3) is 0 Å². The summed E-state index contributed by atoms with van der Waals surface area (Å²) in [6, 6.07) is 6.36. The van der Waals surface area contributed by atoms with E-state index in [9.17, 15) is 0 Å². The van der Waals surface area contributed by atoms with Gasteiger partial charge in [-0.05, 0) is 60.4 Å². The van der Waals surface area contributed by atoms with Gasteiger partial charge in [0.05, 0.1) is 24.1 Å². The van der Waals surface area contributed by atoms with Crippen LogP contribution >= 0.6 is 22.6 Å². The molecule has 3 aromatic heterocycles. The maximum atomic E-state index is 6.48. The number of fused-ring (bicyclic) bond motifs is 1. The van der Waals surface area contributed by atoms with Crippen molar-refractivity contribution in [3.8, 4) is 5.88 Å². The smallest absolute Gasteiger partial charge is 0.225 e. The zero-order valence-corrected chi connectivity index (χ0v) is 19.4. The van der Waals surface area contributed by atoms with Crippen molar-refractivity contribution in [1.29, 1.82) is 0 Å². The average Bonchev–Trinajstić information content (AvgIpc) is 2.82. The summed E-state index contributed by atoms with van der Waals surface area (Å²) < 4.78 is 13.1. The summed E-state index contributed by atoms with van der Waals surface area (Å²) in [4.78, 5) is 20.3. The quantitative estimate of drug-likeness (QED) is 0.499. The minimum absolute atomic E-state index is 0.142. The van der Waals surface area contributed by atoms with E-state index >= 15 is 0 Å². The molecule has 9 heteroatoms. The van der Waals surface area contributed by atoms with Gasteiger partial charge in [0.1, 0.15) is 11.9 Å². The van der Waals surface area contributed by atoms with E-state index in [1.165, 1.54) is 0 Å². The van der Waals surface area contributed by atoms with Gasteiger partial charge in [-0.15, -0.1) is 0 Å². The number of hydrogen-bond acceptors (Lipinski definition) is 8. The van der Waals surface area contributed by atoms with E-state index in [0.717, 1.165) is 72.3 Å². The molecule has 0 unspecified atom stereocenters.